The predicted octanol–water partition coefficient (Wildman–Crippen LogP) is 3.55. The second-order valence-corrected chi connectivity index (χ2v) is 8.71. The van der Waals surface area contributed by atoms with Gasteiger partial charge >= 0.3 is 0 Å². The van der Waals surface area contributed by atoms with Crippen molar-refractivity contribution in [2.24, 2.45) is 5.92 Å². The molecule has 1 aromatic heterocycles. The van der Waals surface area contributed by atoms with E-state index in [-0.39, 0.29) is 35.9 Å². The van der Waals surface area contributed by atoms with Gasteiger partial charge in [0.25, 0.3) is 0 Å². The molecule has 29 heavy (non-hydrogen) atoms. The van der Waals surface area contributed by atoms with E-state index in [0.717, 1.165) is 23.5 Å². The summed E-state index contributed by atoms with van der Waals surface area (Å²) in [6, 6.07) is 6.45. The summed E-state index contributed by atoms with van der Waals surface area (Å²) in [5, 5.41) is 5.99. The highest BCUT2D eigenvalue weighted by Gasteiger charge is 2.27. The van der Waals surface area contributed by atoms with Crippen molar-refractivity contribution in [3.8, 4) is 0 Å². The quantitative estimate of drug-likeness (QED) is 0.749. The number of amides is 2. The fraction of sp³-hybridized carbons (Fsp3) is 0.500. The SMILES string of the molecule is CC(C)C(=O)NCCc1csc(C2CCCN(C(=O)Cc3ccccc3F)C2)n1. The largest absolute Gasteiger partial charge is 0.355 e. The zero-order valence-electron chi connectivity index (χ0n) is 17.0. The molecule has 1 N–H and O–H groups in total. The standard InChI is InChI=1S/C22H28FN3O2S/c1-15(2)21(28)24-10-9-18-14-29-22(25-18)17-7-5-11-26(13-17)20(27)12-16-6-3-4-8-19(16)23/h3-4,6,8,14-15,17H,5,7,9-13H2,1-2H3,(H,24,28). The molecule has 1 aliphatic heterocycles. The number of halogens is 1. The highest BCUT2D eigenvalue weighted by Crippen LogP contribution is 2.29. The Morgan fingerprint density at radius 3 is 2.90 bits per heavy atom. The molecule has 0 saturated carbocycles. The number of benzene rings is 1. The molecule has 3 rings (SSSR count). The van der Waals surface area contributed by atoms with Crippen LogP contribution in [0.2, 0.25) is 0 Å². The van der Waals surface area contributed by atoms with Crippen LogP contribution in [0.5, 0.6) is 0 Å². The monoisotopic (exact) mass is 417 g/mol. The number of hydrogen-bond donors (Lipinski definition) is 1. The van der Waals surface area contributed by atoms with Gasteiger partial charge in [0.15, 0.2) is 0 Å². The fourth-order valence-corrected chi connectivity index (χ4v) is 4.45. The molecule has 1 unspecified atom stereocenters. The summed E-state index contributed by atoms with van der Waals surface area (Å²) in [6.45, 7) is 5.67. The molecule has 2 amide bonds. The lowest BCUT2D eigenvalue weighted by atomic mass is 9.98. The zero-order valence-corrected chi connectivity index (χ0v) is 17.8. The van der Waals surface area contributed by atoms with Gasteiger partial charge in [0.2, 0.25) is 11.8 Å². The van der Waals surface area contributed by atoms with Crippen LogP contribution in [0.15, 0.2) is 29.6 Å². The van der Waals surface area contributed by atoms with E-state index in [1.807, 2.05) is 24.1 Å². The average molecular weight is 418 g/mol. The summed E-state index contributed by atoms with van der Waals surface area (Å²) in [6.07, 6.45) is 2.73. The van der Waals surface area contributed by atoms with Gasteiger partial charge in [0.1, 0.15) is 5.82 Å². The van der Waals surface area contributed by atoms with Crippen LogP contribution in [-0.4, -0.2) is 41.3 Å². The van der Waals surface area contributed by atoms with Crippen LogP contribution in [0, 0.1) is 11.7 Å². The Labute approximate surface area is 175 Å². The molecule has 1 aromatic carbocycles. The maximum atomic E-state index is 13.9. The molecule has 0 spiro atoms. The van der Waals surface area contributed by atoms with E-state index in [9.17, 15) is 14.0 Å². The van der Waals surface area contributed by atoms with Crippen molar-refractivity contribution in [2.45, 2.75) is 45.4 Å². The van der Waals surface area contributed by atoms with E-state index in [1.165, 1.54) is 6.07 Å². The average Bonchev–Trinajstić information content (AvgIpc) is 3.18. The number of likely N-dealkylation sites (tertiary alicyclic amines) is 1. The molecule has 1 atom stereocenters. The summed E-state index contributed by atoms with van der Waals surface area (Å²) in [5.41, 5.74) is 1.42. The first-order chi connectivity index (χ1) is 13.9. The molecular weight excluding hydrogens is 389 g/mol. The minimum atomic E-state index is -0.330. The second-order valence-electron chi connectivity index (χ2n) is 7.82. The van der Waals surface area contributed by atoms with Crippen molar-refractivity contribution in [1.82, 2.24) is 15.2 Å². The molecule has 5 nitrogen and oxygen atoms in total. The Kier molecular flexibility index (Phi) is 7.36. The van der Waals surface area contributed by atoms with Gasteiger partial charge in [-0.05, 0) is 24.5 Å². The maximum absolute atomic E-state index is 13.9. The van der Waals surface area contributed by atoms with Crippen LogP contribution < -0.4 is 5.32 Å². The van der Waals surface area contributed by atoms with Crippen LogP contribution in [-0.2, 0) is 22.4 Å². The molecule has 7 heteroatoms. The van der Waals surface area contributed by atoms with Crippen molar-refractivity contribution in [3.05, 3.63) is 51.7 Å². The topological polar surface area (TPSA) is 62.3 Å². The molecule has 2 aromatic rings. The number of nitrogens with zero attached hydrogens (tertiary/aromatic N) is 2. The molecule has 1 saturated heterocycles. The second kappa shape index (κ2) is 9.96. The van der Waals surface area contributed by atoms with Crippen molar-refractivity contribution in [3.63, 3.8) is 0 Å². The highest BCUT2D eigenvalue weighted by atomic mass is 32.1. The Morgan fingerprint density at radius 1 is 1.34 bits per heavy atom. The zero-order chi connectivity index (χ0) is 20.8. The molecule has 2 heterocycles. The van der Waals surface area contributed by atoms with Crippen molar-refractivity contribution in [2.75, 3.05) is 19.6 Å². The number of nitrogens with one attached hydrogen (secondary N) is 1. The number of aromatic nitrogens is 1. The highest BCUT2D eigenvalue weighted by molar-refractivity contribution is 7.09. The summed E-state index contributed by atoms with van der Waals surface area (Å²) >= 11 is 1.62. The van der Waals surface area contributed by atoms with Gasteiger partial charge in [-0.25, -0.2) is 9.37 Å². The normalized spacial score (nSPS) is 16.8. The third kappa shape index (κ3) is 5.85. The molecular formula is C22H28FN3O2S. The van der Waals surface area contributed by atoms with E-state index in [1.54, 1.807) is 29.5 Å². The summed E-state index contributed by atoms with van der Waals surface area (Å²) in [5.74, 6) is -0.110. The van der Waals surface area contributed by atoms with Crippen molar-refractivity contribution < 1.29 is 14.0 Å². The fourth-order valence-electron chi connectivity index (χ4n) is 3.46. The van der Waals surface area contributed by atoms with E-state index in [4.69, 9.17) is 4.98 Å². The number of carbonyl (C=O) groups excluding carboxylic acids is 2. The molecule has 1 fully saturated rings. The minimum absolute atomic E-state index is 0.0175. The summed E-state index contributed by atoms with van der Waals surface area (Å²) in [7, 11) is 0. The Bertz CT molecular complexity index is 852. The van der Waals surface area contributed by atoms with Crippen LogP contribution in [0.3, 0.4) is 0 Å². The molecule has 0 bridgehead atoms. The molecule has 0 radical (unpaired) electrons. The van der Waals surface area contributed by atoms with E-state index in [2.05, 4.69) is 5.32 Å². The lowest BCUT2D eigenvalue weighted by Gasteiger charge is -2.32. The summed E-state index contributed by atoms with van der Waals surface area (Å²) < 4.78 is 13.9. The van der Waals surface area contributed by atoms with Crippen LogP contribution in [0.25, 0.3) is 0 Å². The van der Waals surface area contributed by atoms with Crippen molar-refractivity contribution in [1.29, 1.82) is 0 Å². The lowest BCUT2D eigenvalue weighted by molar-refractivity contribution is -0.131. The smallest absolute Gasteiger partial charge is 0.227 e. The first-order valence-corrected chi connectivity index (χ1v) is 11.0. The molecule has 1 aliphatic rings. The number of hydrogen-bond acceptors (Lipinski definition) is 4. The Morgan fingerprint density at radius 2 is 2.14 bits per heavy atom. The van der Waals surface area contributed by atoms with Crippen LogP contribution in [0.1, 0.15) is 48.9 Å². The van der Waals surface area contributed by atoms with Gasteiger partial charge < -0.3 is 10.2 Å². The molecule has 0 aliphatic carbocycles. The third-order valence-electron chi connectivity index (χ3n) is 5.20. The lowest BCUT2D eigenvalue weighted by Crippen LogP contribution is -2.40. The van der Waals surface area contributed by atoms with Gasteiger partial charge in [0, 0.05) is 43.3 Å². The van der Waals surface area contributed by atoms with Crippen LogP contribution >= 0.6 is 11.3 Å². The van der Waals surface area contributed by atoms with Crippen LogP contribution in [0.4, 0.5) is 4.39 Å². The first-order valence-electron chi connectivity index (χ1n) is 10.2. The number of piperidine rings is 1. The number of carbonyl (C=O) groups is 2. The van der Waals surface area contributed by atoms with Gasteiger partial charge in [-0.1, -0.05) is 32.0 Å². The van der Waals surface area contributed by atoms with Gasteiger partial charge in [-0.2, -0.15) is 0 Å². The Balaban J connectivity index is 1.54. The minimum Gasteiger partial charge on any atom is -0.355 e. The maximum Gasteiger partial charge on any atom is 0.227 e. The third-order valence-corrected chi connectivity index (χ3v) is 6.25. The van der Waals surface area contributed by atoms with E-state index < -0.39 is 0 Å². The number of thiazole rings is 1. The van der Waals surface area contributed by atoms with Gasteiger partial charge in [-0.3, -0.25) is 9.59 Å². The Hall–Kier alpha value is -2.28. The van der Waals surface area contributed by atoms with E-state index in [0.29, 0.717) is 31.6 Å². The van der Waals surface area contributed by atoms with Gasteiger partial charge in [-0.15, -0.1) is 11.3 Å². The molecule has 156 valence electrons. The summed E-state index contributed by atoms with van der Waals surface area (Å²) in [4.78, 5) is 30.9. The number of rotatable bonds is 7. The van der Waals surface area contributed by atoms with E-state index >= 15 is 0 Å². The first kappa shape index (κ1) is 21.4. The van der Waals surface area contributed by atoms with Gasteiger partial charge in [0.05, 0.1) is 17.1 Å². The van der Waals surface area contributed by atoms with Crippen molar-refractivity contribution >= 4 is 23.2 Å². The predicted molar refractivity (Wildman–Crippen MR) is 112 cm³/mol.